The Balaban J connectivity index is 1.69. The number of anilines is 1. The molecule has 0 aromatic carbocycles. The topological polar surface area (TPSA) is 53.4 Å². The zero-order chi connectivity index (χ0) is 20.1. The molecule has 2 heterocycles. The summed E-state index contributed by atoms with van der Waals surface area (Å²) < 4.78 is 0. The lowest BCUT2D eigenvalue weighted by atomic mass is 9.76. The summed E-state index contributed by atoms with van der Waals surface area (Å²) in [4.78, 5) is 20.9. The number of rotatable bonds is 9. The molecule has 0 amide bonds. The van der Waals surface area contributed by atoms with Crippen LogP contribution in [0.1, 0.15) is 74.2 Å². The number of carbonyl (C=O) groups is 1. The van der Waals surface area contributed by atoms with E-state index in [-0.39, 0.29) is 6.42 Å². The van der Waals surface area contributed by atoms with E-state index in [1.165, 1.54) is 41.1 Å². The number of aryl methyl sites for hydroxylation is 1. The molecule has 0 bridgehead atoms. The maximum atomic E-state index is 11.1. The molecule has 0 radical (unpaired) electrons. The van der Waals surface area contributed by atoms with Crippen LogP contribution in [-0.2, 0) is 17.8 Å². The summed E-state index contributed by atoms with van der Waals surface area (Å²) in [5.74, 6) is 1.44. The Hall–Kier alpha value is -1.40. The van der Waals surface area contributed by atoms with Gasteiger partial charge in [-0.1, -0.05) is 20.8 Å². The first-order valence-electron chi connectivity index (χ1n) is 10.5. The molecule has 28 heavy (non-hydrogen) atoms. The van der Waals surface area contributed by atoms with Crippen molar-refractivity contribution in [1.29, 1.82) is 0 Å². The number of nitrogens with zero attached hydrogens (tertiary/aromatic N) is 2. The molecule has 1 saturated carbocycles. The van der Waals surface area contributed by atoms with Crippen LogP contribution in [0.4, 0.5) is 5.13 Å². The molecule has 154 valence electrons. The van der Waals surface area contributed by atoms with Crippen molar-refractivity contribution in [3.05, 3.63) is 33.0 Å². The Labute approximate surface area is 176 Å². The molecule has 6 heteroatoms. The van der Waals surface area contributed by atoms with Crippen molar-refractivity contribution < 1.29 is 9.90 Å². The fourth-order valence-corrected chi connectivity index (χ4v) is 5.96. The van der Waals surface area contributed by atoms with Crippen LogP contribution in [0.25, 0.3) is 0 Å². The highest BCUT2D eigenvalue weighted by atomic mass is 32.1. The maximum absolute atomic E-state index is 11.1. The van der Waals surface area contributed by atoms with Crippen molar-refractivity contribution in [1.82, 2.24) is 4.98 Å². The minimum Gasteiger partial charge on any atom is -0.481 e. The molecule has 1 fully saturated rings. The van der Waals surface area contributed by atoms with E-state index in [4.69, 9.17) is 10.1 Å². The van der Waals surface area contributed by atoms with E-state index >= 15 is 0 Å². The quantitative estimate of drug-likeness (QED) is 0.526. The second kappa shape index (κ2) is 9.88. The van der Waals surface area contributed by atoms with E-state index in [9.17, 15) is 4.79 Å². The Bertz CT molecular complexity index is 760. The van der Waals surface area contributed by atoms with Crippen LogP contribution in [0.15, 0.2) is 17.5 Å². The van der Waals surface area contributed by atoms with Crippen molar-refractivity contribution in [2.24, 2.45) is 11.8 Å². The number of thiophene rings is 1. The third-order valence-electron chi connectivity index (χ3n) is 5.92. The van der Waals surface area contributed by atoms with Crippen LogP contribution in [0, 0.1) is 11.8 Å². The van der Waals surface area contributed by atoms with E-state index in [1.54, 1.807) is 11.3 Å². The van der Waals surface area contributed by atoms with Gasteiger partial charge in [0.15, 0.2) is 5.13 Å². The summed E-state index contributed by atoms with van der Waals surface area (Å²) in [6, 6.07) is 4.34. The standard InChI is InChI=1S/C22H32N2O2S2/c1-4-18-9-10-19(28-18)13-24(12-11-21(25)26)22-23-20(14-27-22)17-7-5-16(6-8-17)15(2)3/h9-10,14-17H,4-8,11-13H2,1-3H3,(H,25,26)/t16-,17-. The van der Waals surface area contributed by atoms with Crippen LogP contribution >= 0.6 is 22.7 Å². The maximum Gasteiger partial charge on any atom is 0.305 e. The number of aromatic nitrogens is 1. The van der Waals surface area contributed by atoms with Gasteiger partial charge in [0.25, 0.3) is 0 Å². The first-order valence-corrected chi connectivity index (χ1v) is 12.2. The fraction of sp³-hybridized carbons (Fsp3) is 0.636. The largest absolute Gasteiger partial charge is 0.481 e. The van der Waals surface area contributed by atoms with Gasteiger partial charge in [0.2, 0.25) is 0 Å². The molecule has 1 aliphatic rings. The van der Waals surface area contributed by atoms with Crippen LogP contribution in [0.2, 0.25) is 0 Å². The van der Waals surface area contributed by atoms with Gasteiger partial charge in [-0.2, -0.15) is 0 Å². The number of carboxylic acids is 1. The second-order valence-corrected chi connectivity index (χ2v) is 10.3. The van der Waals surface area contributed by atoms with E-state index in [1.807, 2.05) is 11.3 Å². The number of thiazole rings is 1. The normalized spacial score (nSPS) is 19.9. The lowest BCUT2D eigenvalue weighted by Crippen LogP contribution is -2.25. The highest BCUT2D eigenvalue weighted by Gasteiger charge is 2.26. The van der Waals surface area contributed by atoms with Crippen LogP contribution in [-0.4, -0.2) is 22.6 Å². The minimum absolute atomic E-state index is 0.139. The summed E-state index contributed by atoms with van der Waals surface area (Å²) in [6.07, 6.45) is 6.23. The Morgan fingerprint density at radius 1 is 1.25 bits per heavy atom. The van der Waals surface area contributed by atoms with Gasteiger partial charge in [0, 0.05) is 27.6 Å². The van der Waals surface area contributed by atoms with Crippen molar-refractivity contribution >= 4 is 33.8 Å². The number of aliphatic carboxylic acids is 1. The molecule has 0 aliphatic heterocycles. The third kappa shape index (κ3) is 5.57. The summed E-state index contributed by atoms with van der Waals surface area (Å²) in [7, 11) is 0. The number of hydrogen-bond acceptors (Lipinski definition) is 5. The lowest BCUT2D eigenvalue weighted by molar-refractivity contribution is -0.136. The molecular weight excluding hydrogens is 388 g/mol. The minimum atomic E-state index is -0.755. The lowest BCUT2D eigenvalue weighted by Gasteiger charge is -2.30. The molecule has 3 rings (SSSR count). The zero-order valence-electron chi connectivity index (χ0n) is 17.2. The monoisotopic (exact) mass is 420 g/mol. The summed E-state index contributed by atoms with van der Waals surface area (Å²) >= 11 is 3.48. The van der Waals surface area contributed by atoms with Gasteiger partial charge < -0.3 is 10.0 Å². The number of carboxylic acid groups (broad SMARTS) is 1. The number of hydrogen-bond donors (Lipinski definition) is 1. The molecule has 2 aromatic heterocycles. The smallest absolute Gasteiger partial charge is 0.305 e. The van der Waals surface area contributed by atoms with Crippen molar-refractivity contribution in [2.75, 3.05) is 11.4 Å². The van der Waals surface area contributed by atoms with Gasteiger partial charge in [0.1, 0.15) is 0 Å². The van der Waals surface area contributed by atoms with Gasteiger partial charge in [0.05, 0.1) is 18.7 Å². The Kier molecular flexibility index (Phi) is 7.52. The highest BCUT2D eigenvalue weighted by Crippen LogP contribution is 2.40. The average molecular weight is 421 g/mol. The third-order valence-corrected chi connectivity index (χ3v) is 8.06. The fourth-order valence-electron chi connectivity index (χ4n) is 4.05. The highest BCUT2D eigenvalue weighted by molar-refractivity contribution is 7.14. The molecular formula is C22H32N2O2S2. The van der Waals surface area contributed by atoms with Gasteiger partial charge in [-0.3, -0.25) is 4.79 Å². The molecule has 4 nitrogen and oxygen atoms in total. The molecule has 2 aromatic rings. The van der Waals surface area contributed by atoms with Crippen molar-refractivity contribution in [3.63, 3.8) is 0 Å². The first-order chi connectivity index (χ1) is 13.5. The SMILES string of the molecule is CCc1ccc(CN(CCC(=O)O)c2nc([C@H]3CC[C@H](C(C)C)CC3)cs2)s1. The van der Waals surface area contributed by atoms with E-state index < -0.39 is 5.97 Å². The molecule has 0 spiro atoms. The van der Waals surface area contributed by atoms with Gasteiger partial charge >= 0.3 is 5.97 Å². The van der Waals surface area contributed by atoms with Gasteiger partial charge in [-0.15, -0.1) is 22.7 Å². The molecule has 0 atom stereocenters. The average Bonchev–Trinajstić information content (AvgIpc) is 3.34. The Morgan fingerprint density at radius 2 is 1.96 bits per heavy atom. The molecule has 0 saturated heterocycles. The van der Waals surface area contributed by atoms with Crippen molar-refractivity contribution in [3.8, 4) is 0 Å². The van der Waals surface area contributed by atoms with E-state index in [0.29, 0.717) is 12.5 Å². The van der Waals surface area contributed by atoms with Crippen LogP contribution in [0.5, 0.6) is 0 Å². The predicted molar refractivity (Wildman–Crippen MR) is 119 cm³/mol. The first kappa shape index (κ1) is 21.3. The summed E-state index contributed by atoms with van der Waals surface area (Å²) in [5.41, 5.74) is 1.21. The Morgan fingerprint density at radius 3 is 2.57 bits per heavy atom. The molecule has 1 N–H and O–H groups in total. The van der Waals surface area contributed by atoms with Crippen molar-refractivity contribution in [2.45, 2.75) is 71.8 Å². The molecule has 1 aliphatic carbocycles. The summed E-state index contributed by atoms with van der Waals surface area (Å²) in [6.45, 7) is 8.08. The van der Waals surface area contributed by atoms with Crippen LogP contribution < -0.4 is 4.90 Å². The van der Waals surface area contributed by atoms with E-state index in [0.717, 1.165) is 29.9 Å². The van der Waals surface area contributed by atoms with Crippen LogP contribution in [0.3, 0.4) is 0 Å². The zero-order valence-corrected chi connectivity index (χ0v) is 18.8. The second-order valence-electron chi connectivity index (χ2n) is 8.20. The van der Waals surface area contributed by atoms with Gasteiger partial charge in [-0.05, 0) is 56.1 Å². The summed E-state index contributed by atoms with van der Waals surface area (Å²) in [5, 5.41) is 12.3. The molecule has 0 unspecified atom stereocenters. The van der Waals surface area contributed by atoms with Gasteiger partial charge in [-0.25, -0.2) is 4.98 Å². The predicted octanol–water partition coefficient (Wildman–Crippen LogP) is 6.18. The van der Waals surface area contributed by atoms with E-state index in [2.05, 4.69) is 43.2 Å².